The van der Waals surface area contributed by atoms with Crippen molar-refractivity contribution < 1.29 is 0 Å². The Hall–Kier alpha value is 4.06. The first-order valence-electron chi connectivity index (χ1n) is 1.33. The van der Waals surface area contributed by atoms with Crippen LogP contribution in [0.1, 0.15) is 0 Å². The van der Waals surface area contributed by atoms with E-state index in [2.05, 4.69) is 53.7 Å². The number of nitrogens with two attached hydrogens (primary N) is 1. The van der Waals surface area contributed by atoms with E-state index in [-0.39, 0.29) is 37.7 Å². The van der Waals surface area contributed by atoms with Crippen molar-refractivity contribution in [3.8, 4) is 0 Å². The van der Waals surface area contributed by atoms with Crippen LogP contribution in [0.3, 0.4) is 0 Å². The van der Waals surface area contributed by atoms with Crippen molar-refractivity contribution in [2.24, 2.45) is 5.73 Å². The van der Waals surface area contributed by atoms with Gasteiger partial charge in [-0.05, 0) is 7.05 Å². The van der Waals surface area contributed by atoms with Gasteiger partial charge in [-0.25, -0.2) is 0 Å². The Morgan fingerprint density at radius 3 is 1.00 bits per heavy atom. The molecule has 0 saturated carbocycles. The molecule has 0 spiro atoms. The molecule has 0 aromatic carbocycles. The second-order valence-corrected chi connectivity index (χ2v) is 102. The first-order valence-corrected chi connectivity index (χ1v) is 35.0. The van der Waals surface area contributed by atoms with Gasteiger partial charge >= 0.3 is 97.2 Å². The van der Waals surface area contributed by atoms with Gasteiger partial charge in [0, 0.05) is 0 Å². The number of hydrogen-bond acceptors (Lipinski definition) is 1. The summed E-state index contributed by atoms with van der Waals surface area (Å²) < 4.78 is 0. The van der Waals surface area contributed by atoms with Gasteiger partial charge in [0.25, 0.3) is 0 Å². The third-order valence-electron chi connectivity index (χ3n) is 0. The SMILES string of the molecule is CN.[Br][Pb]([Br])([Br])[Br].[CaH2]. The Labute approximate surface area is 107 Å². The van der Waals surface area contributed by atoms with Gasteiger partial charge in [-0.2, -0.15) is 0 Å². The molecule has 0 rings (SSSR count). The van der Waals surface area contributed by atoms with Crippen LogP contribution in [0.2, 0.25) is 0 Å². The summed E-state index contributed by atoms with van der Waals surface area (Å²) >= 11 is 11.4. The van der Waals surface area contributed by atoms with Crippen LogP contribution in [0.15, 0.2) is 0 Å². The number of hydrogen-bond donors (Lipinski definition) is 1. The van der Waals surface area contributed by atoms with Gasteiger partial charge in [0.05, 0.1) is 0 Å². The average molecular weight is 600 g/mol. The van der Waals surface area contributed by atoms with E-state index in [1.165, 1.54) is 7.05 Å². The van der Waals surface area contributed by atoms with Crippen LogP contribution in [-0.2, 0) is 0 Å². The molecule has 0 radical (unpaired) electrons. The fraction of sp³-hybridized carbons (Fsp3) is 1.00. The van der Waals surface area contributed by atoms with Gasteiger partial charge in [-0.15, -0.1) is 0 Å². The molecule has 0 atom stereocenters. The quantitative estimate of drug-likeness (QED) is 0.422. The van der Waals surface area contributed by atoms with Gasteiger partial charge in [0.2, 0.25) is 0 Å². The van der Waals surface area contributed by atoms with Crippen molar-refractivity contribution >= 4 is 97.2 Å². The summed E-state index contributed by atoms with van der Waals surface area (Å²) in [6, 6.07) is 0. The standard InChI is InChI=1S/CH5N.4BrH.Ca.Pb.2H/c1-2;;;;;;;;/h2H2,1H3;4*1H;;;;/q;;;;;;+4;;/p-4. The molecule has 0 fully saturated rings. The van der Waals surface area contributed by atoms with Crippen LogP contribution in [0.4, 0.5) is 0 Å². The third kappa shape index (κ3) is 50.1. The Balaban J connectivity index is -0.0000000750. The molecule has 7 heteroatoms. The maximum atomic E-state index is 4.50. The summed E-state index contributed by atoms with van der Waals surface area (Å²) in [7, 11) is 1.50. The molecule has 0 heterocycles. The molecule has 50 valence electrons. The van der Waals surface area contributed by atoms with Crippen molar-refractivity contribution in [1.82, 2.24) is 0 Å². The van der Waals surface area contributed by atoms with Gasteiger partial charge in [0.15, 0.2) is 0 Å². The van der Waals surface area contributed by atoms with Crippen LogP contribution in [-0.4, -0.2) is 56.3 Å². The zero-order valence-corrected chi connectivity index (χ0v) is 13.8. The average Bonchev–Trinajstić information content (AvgIpc) is 1.36. The summed E-state index contributed by atoms with van der Waals surface area (Å²) in [6.07, 6.45) is 0. The van der Waals surface area contributed by atoms with Crippen molar-refractivity contribution in [3.05, 3.63) is 0 Å². The molecule has 8 heavy (non-hydrogen) atoms. The molecule has 0 aliphatic heterocycles. The predicted octanol–water partition coefficient (Wildman–Crippen LogP) is 1.66. The Kier molecular flexibility index (Phi) is 24.9. The van der Waals surface area contributed by atoms with E-state index in [1.54, 1.807) is 0 Å². The number of rotatable bonds is 0. The van der Waals surface area contributed by atoms with E-state index < -0.39 is 11.5 Å². The molecule has 0 aliphatic rings. The van der Waals surface area contributed by atoms with E-state index in [1.807, 2.05) is 0 Å². The first kappa shape index (κ1) is 18.0. The molecule has 0 amide bonds. The molecule has 0 aromatic rings. The first-order chi connectivity index (χ1) is 3.00. The Bertz CT molecular complexity index is 31.5. The summed E-state index contributed by atoms with van der Waals surface area (Å²) in [4.78, 5) is 0. The van der Waals surface area contributed by atoms with Crippen molar-refractivity contribution in [2.45, 2.75) is 0 Å². The molecule has 0 aliphatic carbocycles. The second-order valence-electron chi connectivity index (χ2n) is 0.429. The minimum atomic E-state index is -2.03. The molecule has 1 nitrogen and oxygen atoms in total. The monoisotopic (exact) mass is 597 g/mol. The van der Waals surface area contributed by atoms with Gasteiger partial charge in [-0.1, -0.05) is 0 Å². The van der Waals surface area contributed by atoms with Crippen LogP contribution in [0.5, 0.6) is 0 Å². The maximum absolute atomic E-state index is 4.50. The fourth-order valence-corrected chi connectivity index (χ4v) is 0. The molecule has 0 unspecified atom stereocenters. The third-order valence-corrected chi connectivity index (χ3v) is 0. The molecule has 0 saturated heterocycles. The van der Waals surface area contributed by atoms with Crippen molar-refractivity contribution in [1.29, 1.82) is 0 Å². The summed E-state index contributed by atoms with van der Waals surface area (Å²) in [5.41, 5.74) is 4.50. The Morgan fingerprint density at radius 2 is 1.00 bits per heavy atom. The molecule has 2 N–H and O–H groups in total. The molecule has 0 bridgehead atoms. The topological polar surface area (TPSA) is 26.0 Å². The van der Waals surface area contributed by atoms with E-state index in [9.17, 15) is 0 Å². The van der Waals surface area contributed by atoms with E-state index in [4.69, 9.17) is 0 Å². The number of halogens is 4. The summed E-state index contributed by atoms with van der Waals surface area (Å²) in [5, 5.41) is 0. The second kappa shape index (κ2) is 11.1. The van der Waals surface area contributed by atoms with Gasteiger partial charge < -0.3 is 5.73 Å². The normalized spacial score (nSPS) is 8.25. The van der Waals surface area contributed by atoms with Gasteiger partial charge in [0.1, 0.15) is 0 Å². The predicted molar refractivity (Wildman–Crippen MR) is 60.1 cm³/mol. The minimum absolute atomic E-state index is 0. The van der Waals surface area contributed by atoms with Crippen molar-refractivity contribution in [2.75, 3.05) is 7.05 Å². The van der Waals surface area contributed by atoms with E-state index in [0.29, 0.717) is 0 Å². The van der Waals surface area contributed by atoms with E-state index in [0.717, 1.165) is 0 Å². The van der Waals surface area contributed by atoms with Crippen LogP contribution >= 0.6 is 47.9 Å². The van der Waals surface area contributed by atoms with Crippen LogP contribution in [0, 0.1) is 0 Å². The van der Waals surface area contributed by atoms with Crippen LogP contribution < -0.4 is 5.73 Å². The zero-order chi connectivity index (χ0) is 6.50. The summed E-state index contributed by atoms with van der Waals surface area (Å²) in [5.74, 6) is 0. The fourth-order valence-electron chi connectivity index (χ4n) is 0. The summed E-state index contributed by atoms with van der Waals surface area (Å²) in [6.45, 7) is 0. The Morgan fingerprint density at radius 1 is 1.00 bits per heavy atom. The zero-order valence-electron chi connectivity index (χ0n) is 3.59. The van der Waals surface area contributed by atoms with Crippen molar-refractivity contribution in [3.63, 3.8) is 0 Å². The molecular formula is CH7Br4CaNPb. The van der Waals surface area contributed by atoms with Crippen LogP contribution in [0.25, 0.3) is 0 Å². The van der Waals surface area contributed by atoms with E-state index >= 15 is 0 Å². The van der Waals surface area contributed by atoms with Gasteiger partial charge in [-0.3, -0.25) is 0 Å². The molecular weight excluding hydrogens is 593 g/mol. The molecule has 0 aromatic heterocycles.